The molecule has 0 aliphatic rings. The van der Waals surface area contributed by atoms with Gasteiger partial charge in [0.05, 0.1) is 6.10 Å². The Labute approximate surface area is 82.3 Å². The summed E-state index contributed by atoms with van der Waals surface area (Å²) in [7, 11) is 1.67. The van der Waals surface area contributed by atoms with Crippen molar-refractivity contribution in [2.75, 3.05) is 19.0 Å². The molecule has 1 heterocycles. The van der Waals surface area contributed by atoms with Crippen LogP contribution in [0, 0.1) is 0 Å². The molecule has 0 saturated heterocycles. The fourth-order valence-electron chi connectivity index (χ4n) is 0.742. The monoisotopic (exact) mass is 201 g/mol. The van der Waals surface area contributed by atoms with Gasteiger partial charge >= 0.3 is 0 Å². The van der Waals surface area contributed by atoms with E-state index in [0.717, 1.165) is 0 Å². The molecule has 1 rings (SSSR count). The van der Waals surface area contributed by atoms with Gasteiger partial charge in [-0.2, -0.15) is 0 Å². The van der Waals surface area contributed by atoms with Crippen LogP contribution < -0.4 is 5.32 Å². The summed E-state index contributed by atoms with van der Waals surface area (Å²) in [4.78, 5) is 0. The van der Waals surface area contributed by atoms with Crippen LogP contribution >= 0.6 is 11.6 Å². The number of hydrogen-bond donors (Lipinski definition) is 1. The van der Waals surface area contributed by atoms with Crippen molar-refractivity contribution >= 4 is 17.4 Å². The molecule has 0 aliphatic carbocycles. The first kappa shape index (κ1) is 10.2. The Morgan fingerprint density at radius 1 is 1.54 bits per heavy atom. The van der Waals surface area contributed by atoms with Gasteiger partial charge in [0.25, 0.3) is 0 Å². The average Bonchev–Trinajstić information content (AvgIpc) is 2.16. The average molecular weight is 202 g/mol. The highest BCUT2D eigenvalue weighted by Crippen LogP contribution is 2.05. The van der Waals surface area contributed by atoms with Crippen molar-refractivity contribution in [1.82, 2.24) is 10.2 Å². The summed E-state index contributed by atoms with van der Waals surface area (Å²) >= 11 is 5.58. The Morgan fingerprint density at radius 2 is 2.31 bits per heavy atom. The Hall–Kier alpha value is -0.870. The summed E-state index contributed by atoms with van der Waals surface area (Å²) in [5, 5.41) is 11.0. The number of aromatic nitrogens is 2. The molecule has 0 fully saturated rings. The SMILES string of the molecule is COC(C)CNc1ccc(Cl)nn1. The van der Waals surface area contributed by atoms with E-state index in [9.17, 15) is 0 Å². The maximum Gasteiger partial charge on any atom is 0.151 e. The molecule has 0 aliphatic heterocycles. The smallest absolute Gasteiger partial charge is 0.151 e. The standard InChI is InChI=1S/C8H12ClN3O/c1-6(13-2)5-10-8-4-3-7(9)11-12-8/h3-4,6H,5H2,1-2H3,(H,10,12). The van der Waals surface area contributed by atoms with Crippen LogP contribution in [-0.2, 0) is 4.74 Å². The van der Waals surface area contributed by atoms with Crippen LogP contribution in [0.5, 0.6) is 0 Å². The van der Waals surface area contributed by atoms with Crippen molar-refractivity contribution in [3.05, 3.63) is 17.3 Å². The van der Waals surface area contributed by atoms with Crippen LogP contribution in [0.15, 0.2) is 12.1 Å². The molecule has 1 atom stereocenters. The van der Waals surface area contributed by atoms with Gasteiger partial charge in [0.15, 0.2) is 5.15 Å². The Kier molecular flexibility index (Phi) is 3.92. The zero-order valence-corrected chi connectivity index (χ0v) is 8.38. The number of halogens is 1. The van der Waals surface area contributed by atoms with Crippen molar-refractivity contribution in [2.45, 2.75) is 13.0 Å². The summed E-state index contributed by atoms with van der Waals surface area (Å²) in [5.41, 5.74) is 0. The summed E-state index contributed by atoms with van der Waals surface area (Å²) in [5.74, 6) is 0.702. The number of anilines is 1. The summed E-state index contributed by atoms with van der Waals surface area (Å²) < 4.78 is 5.06. The minimum Gasteiger partial charge on any atom is -0.380 e. The molecule has 4 nitrogen and oxygen atoms in total. The van der Waals surface area contributed by atoms with E-state index in [1.807, 2.05) is 6.92 Å². The van der Waals surface area contributed by atoms with Gasteiger partial charge in [-0.15, -0.1) is 10.2 Å². The zero-order chi connectivity index (χ0) is 9.68. The van der Waals surface area contributed by atoms with Gasteiger partial charge in [-0.3, -0.25) is 0 Å². The van der Waals surface area contributed by atoms with Crippen molar-refractivity contribution in [1.29, 1.82) is 0 Å². The zero-order valence-electron chi connectivity index (χ0n) is 7.62. The quantitative estimate of drug-likeness (QED) is 0.804. The third-order valence-electron chi connectivity index (χ3n) is 1.61. The Bertz CT molecular complexity index is 252. The Balaban J connectivity index is 2.41. The molecule has 13 heavy (non-hydrogen) atoms. The molecule has 0 amide bonds. The molecule has 1 unspecified atom stereocenters. The van der Waals surface area contributed by atoms with Crippen molar-refractivity contribution in [3.8, 4) is 0 Å². The van der Waals surface area contributed by atoms with Crippen molar-refractivity contribution in [3.63, 3.8) is 0 Å². The number of nitrogens with one attached hydrogen (secondary N) is 1. The van der Waals surface area contributed by atoms with Crippen LogP contribution in [0.25, 0.3) is 0 Å². The molecule has 1 aromatic rings. The molecule has 0 aromatic carbocycles. The maximum atomic E-state index is 5.58. The van der Waals surface area contributed by atoms with E-state index >= 15 is 0 Å². The third kappa shape index (κ3) is 3.57. The predicted molar refractivity (Wildman–Crippen MR) is 52.0 cm³/mol. The van der Waals surface area contributed by atoms with Gasteiger partial charge in [0.1, 0.15) is 5.82 Å². The van der Waals surface area contributed by atoms with Crippen LogP contribution in [0.1, 0.15) is 6.92 Å². The number of methoxy groups -OCH3 is 1. The molecule has 1 aromatic heterocycles. The normalized spacial score (nSPS) is 12.5. The minimum absolute atomic E-state index is 0.150. The first-order valence-electron chi connectivity index (χ1n) is 3.98. The molecule has 0 saturated carbocycles. The molecule has 72 valence electrons. The summed E-state index contributed by atoms with van der Waals surface area (Å²) in [6.07, 6.45) is 0.150. The van der Waals surface area contributed by atoms with E-state index in [1.54, 1.807) is 19.2 Å². The molecule has 5 heteroatoms. The second-order valence-electron chi connectivity index (χ2n) is 2.67. The van der Waals surface area contributed by atoms with Crippen LogP contribution in [0.2, 0.25) is 5.15 Å². The number of rotatable bonds is 4. The van der Waals surface area contributed by atoms with Gasteiger partial charge < -0.3 is 10.1 Å². The van der Waals surface area contributed by atoms with E-state index in [4.69, 9.17) is 16.3 Å². The number of nitrogens with zero attached hydrogens (tertiary/aromatic N) is 2. The summed E-state index contributed by atoms with van der Waals surface area (Å²) in [6, 6.07) is 3.46. The first-order chi connectivity index (χ1) is 6.22. The minimum atomic E-state index is 0.150. The van der Waals surface area contributed by atoms with E-state index in [2.05, 4.69) is 15.5 Å². The van der Waals surface area contributed by atoms with Crippen molar-refractivity contribution in [2.24, 2.45) is 0 Å². The lowest BCUT2D eigenvalue weighted by atomic mass is 10.4. The van der Waals surface area contributed by atoms with Gasteiger partial charge in [0, 0.05) is 13.7 Å². The number of ether oxygens (including phenoxy) is 1. The summed E-state index contributed by atoms with van der Waals surface area (Å²) in [6.45, 7) is 2.67. The highest BCUT2D eigenvalue weighted by atomic mass is 35.5. The molecule has 0 radical (unpaired) electrons. The molecule has 1 N–H and O–H groups in total. The maximum absolute atomic E-state index is 5.58. The van der Waals surface area contributed by atoms with Crippen molar-refractivity contribution < 1.29 is 4.74 Å². The molecule has 0 bridgehead atoms. The third-order valence-corrected chi connectivity index (χ3v) is 1.81. The lowest BCUT2D eigenvalue weighted by Gasteiger charge is -2.10. The highest BCUT2D eigenvalue weighted by molar-refractivity contribution is 6.29. The molecule has 0 spiro atoms. The van der Waals surface area contributed by atoms with Crippen LogP contribution in [0.3, 0.4) is 0 Å². The van der Waals surface area contributed by atoms with Gasteiger partial charge in [-0.1, -0.05) is 11.6 Å². The van der Waals surface area contributed by atoms with E-state index in [1.165, 1.54) is 0 Å². The second kappa shape index (κ2) is 4.99. The topological polar surface area (TPSA) is 47.0 Å². The number of hydrogen-bond acceptors (Lipinski definition) is 4. The lowest BCUT2D eigenvalue weighted by Crippen LogP contribution is -2.18. The van der Waals surface area contributed by atoms with E-state index in [0.29, 0.717) is 17.5 Å². The fourth-order valence-corrected chi connectivity index (χ4v) is 0.843. The van der Waals surface area contributed by atoms with Gasteiger partial charge in [-0.05, 0) is 19.1 Å². The molecular formula is C8H12ClN3O. The van der Waals surface area contributed by atoms with E-state index in [-0.39, 0.29) is 6.10 Å². The van der Waals surface area contributed by atoms with Gasteiger partial charge in [-0.25, -0.2) is 0 Å². The van der Waals surface area contributed by atoms with E-state index < -0.39 is 0 Å². The largest absolute Gasteiger partial charge is 0.380 e. The van der Waals surface area contributed by atoms with Crippen LogP contribution in [-0.4, -0.2) is 30.0 Å². The van der Waals surface area contributed by atoms with Gasteiger partial charge in [0.2, 0.25) is 0 Å². The molecular weight excluding hydrogens is 190 g/mol. The fraction of sp³-hybridized carbons (Fsp3) is 0.500. The first-order valence-corrected chi connectivity index (χ1v) is 4.36. The lowest BCUT2D eigenvalue weighted by molar-refractivity contribution is 0.128. The second-order valence-corrected chi connectivity index (χ2v) is 3.06. The predicted octanol–water partition coefficient (Wildman–Crippen LogP) is 1.58. The van der Waals surface area contributed by atoms with Crippen LogP contribution in [0.4, 0.5) is 5.82 Å². The Morgan fingerprint density at radius 3 is 2.85 bits per heavy atom. The highest BCUT2D eigenvalue weighted by Gasteiger charge is 1.99.